The maximum Gasteiger partial charge on any atom is 0.187 e. The molecule has 6 N–H and O–H groups in total. The Labute approximate surface area is 200 Å². The van der Waals surface area contributed by atoms with Crippen LogP contribution in [-0.2, 0) is 28.4 Å². The third-order valence-corrected chi connectivity index (χ3v) is 6.74. The van der Waals surface area contributed by atoms with Crippen LogP contribution in [0.3, 0.4) is 0 Å². The molecule has 0 bridgehead atoms. The van der Waals surface area contributed by atoms with E-state index >= 15 is 0 Å². The lowest BCUT2D eigenvalue weighted by atomic mass is 9.95. The largest absolute Gasteiger partial charge is 0.388 e. The van der Waals surface area contributed by atoms with E-state index in [0.29, 0.717) is 0 Å². The highest BCUT2D eigenvalue weighted by Gasteiger charge is 2.48. The number of hydrogen-bond donors (Lipinski definition) is 6. The highest BCUT2D eigenvalue weighted by atomic mass is 16.7. The molecule has 12 nitrogen and oxygen atoms in total. The summed E-state index contributed by atoms with van der Waals surface area (Å²) in [7, 11) is 2.86. The first kappa shape index (κ1) is 29.7. The number of rotatable bonds is 4. The molecule has 0 aromatic carbocycles. The molecule has 3 rings (SSSR count). The van der Waals surface area contributed by atoms with Crippen molar-refractivity contribution < 1.29 is 59.1 Å². The number of aliphatic hydroxyl groups excluding tert-OH is 6. The first-order valence-corrected chi connectivity index (χ1v) is 11.6. The molecule has 3 aliphatic rings. The van der Waals surface area contributed by atoms with E-state index in [1.54, 1.807) is 27.7 Å². The second-order valence-electron chi connectivity index (χ2n) is 9.25. The average molecular weight is 499 g/mol. The Balaban J connectivity index is 0.000000287. The van der Waals surface area contributed by atoms with Crippen LogP contribution >= 0.6 is 0 Å². The summed E-state index contributed by atoms with van der Waals surface area (Å²) in [6.07, 6.45) is -11.6. The standard InChI is InChI=1S/C14H26O8.C8H16O4/c1-5-8(15)10(17)12(7(3)20-5)22-14-13(19-4)11(18)9(16)6(2)21-14;1-4-6(9)7(10)8(11-3)5(2)12-4/h5-18H,1-4H3;4-10H,1-3H3/t5?,6?,7-,8?,9?,10?,11?,12?,13?,14?;4?,5-,6?,7?,8?/m00/s1. The van der Waals surface area contributed by atoms with Gasteiger partial charge in [0.05, 0.1) is 30.5 Å². The van der Waals surface area contributed by atoms with Crippen LogP contribution in [0.25, 0.3) is 0 Å². The van der Waals surface area contributed by atoms with Crippen LogP contribution in [0.2, 0.25) is 0 Å². The van der Waals surface area contributed by atoms with Crippen LogP contribution in [0.5, 0.6) is 0 Å². The SMILES string of the molecule is COC1C(O)C(O)C(C)O[C@H]1C.COC1C(OC2C(O)C(O)C(C)O[C@H]2C)OC(C)C(O)C1O. The van der Waals surface area contributed by atoms with E-state index in [0.717, 1.165) is 0 Å². The summed E-state index contributed by atoms with van der Waals surface area (Å²) < 4.78 is 32.3. The molecule has 0 amide bonds. The molecule has 202 valence electrons. The van der Waals surface area contributed by atoms with Crippen molar-refractivity contribution in [2.75, 3.05) is 14.2 Å². The van der Waals surface area contributed by atoms with Gasteiger partial charge < -0.3 is 59.1 Å². The second kappa shape index (κ2) is 12.7. The summed E-state index contributed by atoms with van der Waals surface area (Å²) in [5.41, 5.74) is 0. The van der Waals surface area contributed by atoms with Crippen molar-refractivity contribution in [2.24, 2.45) is 0 Å². The van der Waals surface area contributed by atoms with Crippen molar-refractivity contribution in [3.05, 3.63) is 0 Å². The Hall–Kier alpha value is -0.480. The molecule has 3 heterocycles. The summed E-state index contributed by atoms with van der Waals surface area (Å²) in [5.74, 6) is 0. The third-order valence-electron chi connectivity index (χ3n) is 6.74. The smallest absolute Gasteiger partial charge is 0.187 e. The first-order valence-electron chi connectivity index (χ1n) is 11.6. The molecule has 3 aliphatic heterocycles. The van der Waals surface area contributed by atoms with Crippen molar-refractivity contribution in [1.82, 2.24) is 0 Å². The second-order valence-corrected chi connectivity index (χ2v) is 9.25. The van der Waals surface area contributed by atoms with Gasteiger partial charge >= 0.3 is 0 Å². The van der Waals surface area contributed by atoms with Crippen molar-refractivity contribution in [3.63, 3.8) is 0 Å². The van der Waals surface area contributed by atoms with E-state index in [1.807, 2.05) is 6.92 Å². The van der Waals surface area contributed by atoms with E-state index in [4.69, 9.17) is 28.4 Å². The van der Waals surface area contributed by atoms with E-state index in [9.17, 15) is 30.6 Å². The fraction of sp³-hybridized carbons (Fsp3) is 1.00. The van der Waals surface area contributed by atoms with Crippen LogP contribution in [0.1, 0.15) is 34.6 Å². The molecule has 12 heteroatoms. The van der Waals surface area contributed by atoms with E-state index < -0.39 is 79.5 Å². The monoisotopic (exact) mass is 498 g/mol. The maximum atomic E-state index is 10.2. The van der Waals surface area contributed by atoms with Crippen molar-refractivity contribution in [1.29, 1.82) is 0 Å². The summed E-state index contributed by atoms with van der Waals surface area (Å²) in [5, 5.41) is 58.9. The number of hydrogen-bond acceptors (Lipinski definition) is 12. The summed E-state index contributed by atoms with van der Waals surface area (Å²) >= 11 is 0. The van der Waals surface area contributed by atoms with Crippen LogP contribution in [0.15, 0.2) is 0 Å². The highest BCUT2D eigenvalue weighted by molar-refractivity contribution is 4.93. The quantitative estimate of drug-likeness (QED) is 0.250. The van der Waals surface area contributed by atoms with Crippen LogP contribution in [-0.4, -0.2) is 137 Å². The first-order chi connectivity index (χ1) is 15.8. The van der Waals surface area contributed by atoms with Gasteiger partial charge in [-0.05, 0) is 34.6 Å². The summed E-state index contributed by atoms with van der Waals surface area (Å²) in [6, 6.07) is 0. The van der Waals surface area contributed by atoms with Gasteiger partial charge in [-0.3, -0.25) is 0 Å². The number of ether oxygens (including phenoxy) is 6. The molecule has 3 fully saturated rings. The lowest BCUT2D eigenvalue weighted by Crippen LogP contribution is -2.62. The molecule has 0 aromatic heterocycles. The minimum atomic E-state index is -1.18. The lowest BCUT2D eigenvalue weighted by Gasteiger charge is -2.45. The zero-order valence-electron chi connectivity index (χ0n) is 20.8. The fourth-order valence-corrected chi connectivity index (χ4v) is 4.53. The van der Waals surface area contributed by atoms with Gasteiger partial charge in [0.15, 0.2) is 6.29 Å². The van der Waals surface area contributed by atoms with E-state index in [-0.39, 0.29) is 12.2 Å². The Kier molecular flexibility index (Phi) is 11.1. The maximum absolute atomic E-state index is 10.2. The molecule has 15 atom stereocenters. The highest BCUT2D eigenvalue weighted by Crippen LogP contribution is 2.29. The molecule has 0 aliphatic carbocycles. The molecule has 13 unspecified atom stereocenters. The third kappa shape index (κ3) is 6.44. The van der Waals surface area contributed by atoms with Gasteiger partial charge in [0.25, 0.3) is 0 Å². The van der Waals surface area contributed by atoms with Gasteiger partial charge in [0.2, 0.25) is 0 Å². The zero-order chi connectivity index (χ0) is 25.9. The average Bonchev–Trinajstić information content (AvgIpc) is 2.78. The van der Waals surface area contributed by atoms with Gasteiger partial charge in [-0.25, -0.2) is 0 Å². The van der Waals surface area contributed by atoms with Crippen molar-refractivity contribution in [2.45, 2.75) is 126 Å². The minimum absolute atomic E-state index is 0.177. The van der Waals surface area contributed by atoms with E-state index in [1.165, 1.54) is 14.2 Å². The molecule has 0 radical (unpaired) electrons. The molecule has 34 heavy (non-hydrogen) atoms. The Morgan fingerprint density at radius 1 is 0.441 bits per heavy atom. The topological polar surface area (TPSA) is 177 Å². The normalized spacial score (nSPS) is 52.0. The van der Waals surface area contributed by atoms with Gasteiger partial charge in [0, 0.05) is 14.2 Å². The Bertz CT molecular complexity index is 610. The Morgan fingerprint density at radius 3 is 1.24 bits per heavy atom. The molecule has 3 saturated heterocycles. The van der Waals surface area contributed by atoms with Crippen LogP contribution in [0, 0.1) is 0 Å². The predicted molar refractivity (Wildman–Crippen MR) is 117 cm³/mol. The van der Waals surface area contributed by atoms with Gasteiger partial charge in [-0.2, -0.15) is 0 Å². The molecule has 0 aromatic rings. The van der Waals surface area contributed by atoms with Crippen LogP contribution in [0.4, 0.5) is 0 Å². The summed E-state index contributed by atoms with van der Waals surface area (Å²) in [4.78, 5) is 0. The fourth-order valence-electron chi connectivity index (χ4n) is 4.53. The lowest BCUT2D eigenvalue weighted by molar-refractivity contribution is -0.336. The summed E-state index contributed by atoms with van der Waals surface area (Å²) in [6.45, 7) is 8.54. The van der Waals surface area contributed by atoms with Gasteiger partial charge in [-0.15, -0.1) is 0 Å². The molecular weight excluding hydrogens is 456 g/mol. The number of aliphatic hydroxyl groups is 6. The predicted octanol–water partition coefficient (Wildman–Crippen LogP) is -2.09. The van der Waals surface area contributed by atoms with Gasteiger partial charge in [0.1, 0.15) is 54.9 Å². The van der Waals surface area contributed by atoms with Crippen LogP contribution < -0.4 is 0 Å². The molecule has 0 spiro atoms. The van der Waals surface area contributed by atoms with Crippen molar-refractivity contribution >= 4 is 0 Å². The van der Waals surface area contributed by atoms with E-state index in [2.05, 4.69) is 0 Å². The van der Waals surface area contributed by atoms with Crippen molar-refractivity contribution in [3.8, 4) is 0 Å². The minimum Gasteiger partial charge on any atom is -0.388 e. The zero-order valence-corrected chi connectivity index (χ0v) is 20.8. The van der Waals surface area contributed by atoms with Gasteiger partial charge in [-0.1, -0.05) is 0 Å². The molecule has 0 saturated carbocycles. The molecular formula is C22H42O12. The number of methoxy groups -OCH3 is 2. The Morgan fingerprint density at radius 2 is 0.794 bits per heavy atom.